The van der Waals surface area contributed by atoms with Gasteiger partial charge in [0.25, 0.3) is 11.8 Å². The van der Waals surface area contributed by atoms with Crippen LogP contribution in [-0.2, 0) is 4.79 Å². The van der Waals surface area contributed by atoms with E-state index in [4.69, 9.17) is 21.1 Å². The van der Waals surface area contributed by atoms with Gasteiger partial charge in [0.15, 0.2) is 11.5 Å². The molecule has 9 heteroatoms. The summed E-state index contributed by atoms with van der Waals surface area (Å²) in [7, 11) is 3.12. The topological polar surface area (TPSA) is 89.0 Å². The second kappa shape index (κ2) is 11.2. The van der Waals surface area contributed by atoms with Crippen LogP contribution >= 0.6 is 34.2 Å². The molecule has 0 aliphatic heterocycles. The monoisotopic (exact) mass is 543 g/mol. The molecule has 7 nitrogen and oxygen atoms in total. The second-order valence-corrected chi connectivity index (χ2v) is 8.28. The van der Waals surface area contributed by atoms with E-state index >= 15 is 0 Å². The minimum Gasteiger partial charge on any atom is -0.493 e. The number of benzene rings is 2. The summed E-state index contributed by atoms with van der Waals surface area (Å²) in [5.41, 5.74) is 3.58. The van der Waals surface area contributed by atoms with Crippen LogP contribution in [0.5, 0.6) is 11.5 Å². The summed E-state index contributed by atoms with van der Waals surface area (Å²) < 4.78 is 11.5. The Morgan fingerprint density at radius 2 is 1.90 bits per heavy atom. The van der Waals surface area contributed by atoms with E-state index in [1.807, 2.05) is 19.9 Å². The molecule has 2 aromatic rings. The minimum absolute atomic E-state index is 0.148. The molecular weight excluding hydrogens is 521 g/mol. The number of carbonyl (C=O) groups is 2. The van der Waals surface area contributed by atoms with Gasteiger partial charge in [-0.3, -0.25) is 9.59 Å². The van der Waals surface area contributed by atoms with Crippen LogP contribution in [-0.4, -0.2) is 38.3 Å². The third-order valence-corrected chi connectivity index (χ3v) is 5.20. The van der Waals surface area contributed by atoms with E-state index in [1.165, 1.54) is 6.21 Å². The molecule has 2 aromatic carbocycles. The van der Waals surface area contributed by atoms with E-state index in [1.54, 1.807) is 44.6 Å². The van der Waals surface area contributed by atoms with Gasteiger partial charge in [0, 0.05) is 10.6 Å². The zero-order valence-electron chi connectivity index (χ0n) is 17.0. The molecule has 2 amide bonds. The molecule has 2 rings (SSSR count). The van der Waals surface area contributed by atoms with Gasteiger partial charge in [-0.2, -0.15) is 5.10 Å². The van der Waals surface area contributed by atoms with Gasteiger partial charge in [-0.1, -0.05) is 31.5 Å². The van der Waals surface area contributed by atoms with Crippen LogP contribution in [0.3, 0.4) is 0 Å². The van der Waals surface area contributed by atoms with Gasteiger partial charge >= 0.3 is 0 Å². The Kier molecular flexibility index (Phi) is 8.91. The summed E-state index contributed by atoms with van der Waals surface area (Å²) in [4.78, 5) is 25.1. The van der Waals surface area contributed by atoms with E-state index in [2.05, 4.69) is 38.4 Å². The Labute approximate surface area is 194 Å². The maximum atomic E-state index is 12.6. The van der Waals surface area contributed by atoms with Crippen LogP contribution in [0.15, 0.2) is 41.5 Å². The molecule has 0 bridgehead atoms. The van der Waals surface area contributed by atoms with Gasteiger partial charge in [0.05, 0.1) is 24.0 Å². The molecule has 0 aliphatic rings. The van der Waals surface area contributed by atoms with Gasteiger partial charge in [-0.05, 0) is 64.4 Å². The number of nitrogens with zero attached hydrogens (tertiary/aromatic N) is 1. The van der Waals surface area contributed by atoms with Gasteiger partial charge < -0.3 is 14.8 Å². The molecule has 0 aromatic heterocycles. The van der Waals surface area contributed by atoms with E-state index < -0.39 is 11.9 Å². The third-order valence-electron chi connectivity index (χ3n) is 4.17. The number of nitrogens with one attached hydrogen (secondary N) is 2. The fourth-order valence-electron chi connectivity index (χ4n) is 2.64. The molecule has 1 atom stereocenters. The number of amides is 2. The average molecular weight is 544 g/mol. The lowest BCUT2D eigenvalue weighted by molar-refractivity contribution is -0.123. The maximum Gasteiger partial charge on any atom is 0.262 e. The first-order valence-corrected chi connectivity index (χ1v) is 10.5. The number of hydrogen-bond donors (Lipinski definition) is 2. The van der Waals surface area contributed by atoms with Crippen molar-refractivity contribution in [1.29, 1.82) is 0 Å². The lowest BCUT2D eigenvalue weighted by atomic mass is 10.0. The third kappa shape index (κ3) is 6.33. The first kappa shape index (κ1) is 23.9. The number of halogens is 2. The van der Waals surface area contributed by atoms with Crippen LogP contribution in [0.25, 0.3) is 0 Å². The predicted molar refractivity (Wildman–Crippen MR) is 126 cm³/mol. The highest BCUT2D eigenvalue weighted by Crippen LogP contribution is 2.33. The van der Waals surface area contributed by atoms with Gasteiger partial charge in [-0.15, -0.1) is 0 Å². The fourth-order valence-corrected chi connectivity index (χ4v) is 3.68. The normalized spacial score (nSPS) is 12.0. The molecule has 1 unspecified atom stereocenters. The zero-order chi connectivity index (χ0) is 22.3. The molecule has 0 saturated carbocycles. The summed E-state index contributed by atoms with van der Waals surface area (Å²) >= 11 is 8.06. The predicted octanol–water partition coefficient (Wildman–Crippen LogP) is 3.87. The van der Waals surface area contributed by atoms with Crippen molar-refractivity contribution in [3.8, 4) is 11.5 Å². The van der Waals surface area contributed by atoms with E-state index in [-0.39, 0.29) is 11.8 Å². The van der Waals surface area contributed by atoms with Crippen molar-refractivity contribution in [1.82, 2.24) is 10.7 Å². The Balaban J connectivity index is 2.08. The average Bonchev–Trinajstić information content (AvgIpc) is 2.70. The van der Waals surface area contributed by atoms with Crippen LogP contribution < -0.4 is 20.2 Å². The van der Waals surface area contributed by atoms with Crippen molar-refractivity contribution in [3.63, 3.8) is 0 Å². The number of hydrazone groups is 1. The van der Waals surface area contributed by atoms with Crippen molar-refractivity contribution in [2.24, 2.45) is 11.0 Å². The molecule has 0 radical (unpaired) electrons. The lowest BCUT2D eigenvalue weighted by Gasteiger charge is -2.20. The van der Waals surface area contributed by atoms with Crippen LogP contribution in [0, 0.1) is 9.49 Å². The SMILES string of the molecule is COc1cc(C=NNC(=O)C(NC(=O)c2cccc(Cl)c2)C(C)C)cc(I)c1OC. The van der Waals surface area contributed by atoms with Crippen molar-refractivity contribution in [3.05, 3.63) is 56.1 Å². The van der Waals surface area contributed by atoms with Crippen molar-refractivity contribution < 1.29 is 19.1 Å². The summed E-state index contributed by atoms with van der Waals surface area (Å²) in [6.45, 7) is 3.67. The van der Waals surface area contributed by atoms with Crippen LogP contribution in [0.2, 0.25) is 5.02 Å². The first-order chi connectivity index (χ1) is 14.3. The van der Waals surface area contributed by atoms with E-state index in [0.29, 0.717) is 22.1 Å². The Morgan fingerprint density at radius 1 is 1.17 bits per heavy atom. The second-order valence-electron chi connectivity index (χ2n) is 6.68. The molecule has 0 saturated heterocycles. The highest BCUT2D eigenvalue weighted by molar-refractivity contribution is 14.1. The summed E-state index contributed by atoms with van der Waals surface area (Å²) in [6, 6.07) is 9.36. The Bertz CT molecular complexity index is 950. The van der Waals surface area contributed by atoms with Crippen LogP contribution in [0.1, 0.15) is 29.8 Å². The number of hydrogen-bond acceptors (Lipinski definition) is 5. The van der Waals surface area contributed by atoms with Crippen LogP contribution in [0.4, 0.5) is 0 Å². The Morgan fingerprint density at radius 3 is 2.50 bits per heavy atom. The first-order valence-electron chi connectivity index (χ1n) is 9.07. The van der Waals surface area contributed by atoms with Crippen molar-refractivity contribution >= 4 is 52.2 Å². The summed E-state index contributed by atoms with van der Waals surface area (Å²) in [6.07, 6.45) is 1.50. The molecule has 160 valence electrons. The standard InChI is InChI=1S/C21H23ClIN3O4/c1-12(2)18(25-20(27)14-6-5-7-15(22)10-14)21(28)26-24-11-13-8-16(23)19(30-4)17(9-13)29-3/h5-12,18H,1-4H3,(H,25,27)(H,26,28). The number of carbonyl (C=O) groups excluding carboxylic acids is 2. The van der Waals surface area contributed by atoms with E-state index in [0.717, 1.165) is 9.13 Å². The maximum absolute atomic E-state index is 12.6. The summed E-state index contributed by atoms with van der Waals surface area (Å²) in [5.74, 6) is 0.232. The largest absolute Gasteiger partial charge is 0.493 e. The van der Waals surface area contributed by atoms with Crippen molar-refractivity contribution in [2.75, 3.05) is 14.2 Å². The molecular formula is C21H23ClIN3O4. The van der Waals surface area contributed by atoms with Crippen molar-refractivity contribution in [2.45, 2.75) is 19.9 Å². The Hall–Kier alpha value is -2.33. The highest BCUT2D eigenvalue weighted by atomic mass is 127. The molecule has 30 heavy (non-hydrogen) atoms. The lowest BCUT2D eigenvalue weighted by Crippen LogP contribution is -2.48. The minimum atomic E-state index is -0.765. The fraction of sp³-hybridized carbons (Fsp3) is 0.286. The molecule has 0 aliphatic carbocycles. The van der Waals surface area contributed by atoms with Gasteiger partial charge in [-0.25, -0.2) is 5.43 Å². The number of rotatable bonds is 8. The van der Waals surface area contributed by atoms with E-state index in [9.17, 15) is 9.59 Å². The van der Waals surface area contributed by atoms with Gasteiger partial charge in [0.2, 0.25) is 0 Å². The molecule has 0 heterocycles. The summed E-state index contributed by atoms with van der Waals surface area (Å²) in [5, 5.41) is 7.19. The molecule has 0 spiro atoms. The zero-order valence-corrected chi connectivity index (χ0v) is 19.9. The number of methoxy groups -OCH3 is 2. The smallest absolute Gasteiger partial charge is 0.262 e. The number of ether oxygens (including phenoxy) is 2. The highest BCUT2D eigenvalue weighted by Gasteiger charge is 2.24. The molecule has 2 N–H and O–H groups in total. The molecule has 0 fully saturated rings. The van der Waals surface area contributed by atoms with Gasteiger partial charge in [0.1, 0.15) is 6.04 Å². The quantitative estimate of drug-likeness (QED) is 0.301.